The third kappa shape index (κ3) is 2.30. The highest BCUT2D eigenvalue weighted by Gasteiger charge is 2.31. The van der Waals surface area contributed by atoms with Gasteiger partial charge in [0.2, 0.25) is 0 Å². The van der Waals surface area contributed by atoms with Crippen molar-refractivity contribution in [3.8, 4) is 11.1 Å². The average Bonchev–Trinajstić information content (AvgIpc) is 3.26. The van der Waals surface area contributed by atoms with Crippen LogP contribution in [0.1, 0.15) is 24.4 Å². The number of hydrazine groups is 1. The first kappa shape index (κ1) is 11.5. The maximum Gasteiger partial charge on any atom is 0.0488 e. The first-order valence-electron chi connectivity index (χ1n) is 6.50. The zero-order chi connectivity index (χ0) is 12.4. The minimum atomic E-state index is 0.315. The van der Waals surface area contributed by atoms with Crippen molar-refractivity contribution in [3.05, 3.63) is 60.2 Å². The van der Waals surface area contributed by atoms with Crippen LogP contribution in [0.5, 0.6) is 0 Å². The van der Waals surface area contributed by atoms with Crippen molar-refractivity contribution in [1.82, 2.24) is 5.43 Å². The largest absolute Gasteiger partial charge is 0.271 e. The number of hydrogen-bond donors (Lipinski definition) is 2. The van der Waals surface area contributed by atoms with E-state index >= 15 is 0 Å². The van der Waals surface area contributed by atoms with Gasteiger partial charge in [-0.15, -0.1) is 0 Å². The van der Waals surface area contributed by atoms with Gasteiger partial charge in [-0.2, -0.15) is 0 Å². The molecular formula is C16H18N2. The van der Waals surface area contributed by atoms with E-state index < -0.39 is 0 Å². The second-order valence-corrected chi connectivity index (χ2v) is 4.97. The average molecular weight is 238 g/mol. The lowest BCUT2D eigenvalue weighted by Crippen LogP contribution is -2.29. The van der Waals surface area contributed by atoms with Gasteiger partial charge in [-0.1, -0.05) is 54.6 Å². The molecule has 0 spiro atoms. The van der Waals surface area contributed by atoms with Gasteiger partial charge in [0.05, 0.1) is 0 Å². The second-order valence-electron chi connectivity index (χ2n) is 4.97. The van der Waals surface area contributed by atoms with Crippen molar-refractivity contribution in [2.24, 2.45) is 11.8 Å². The molecule has 0 amide bonds. The molecule has 1 fully saturated rings. The number of nitrogens with one attached hydrogen (secondary N) is 1. The van der Waals surface area contributed by atoms with Gasteiger partial charge < -0.3 is 0 Å². The van der Waals surface area contributed by atoms with Crippen LogP contribution in [0.15, 0.2) is 54.6 Å². The van der Waals surface area contributed by atoms with Crippen LogP contribution in [-0.4, -0.2) is 0 Å². The van der Waals surface area contributed by atoms with Crippen LogP contribution in [0.2, 0.25) is 0 Å². The van der Waals surface area contributed by atoms with Crippen LogP contribution in [0.3, 0.4) is 0 Å². The summed E-state index contributed by atoms with van der Waals surface area (Å²) in [6, 6.07) is 19.5. The smallest absolute Gasteiger partial charge is 0.0488 e. The van der Waals surface area contributed by atoms with E-state index in [4.69, 9.17) is 5.84 Å². The SMILES string of the molecule is NNC(c1ccc(-c2ccccc2)cc1)C1CC1. The van der Waals surface area contributed by atoms with Crippen molar-refractivity contribution in [1.29, 1.82) is 0 Å². The van der Waals surface area contributed by atoms with Crippen LogP contribution in [0, 0.1) is 5.92 Å². The topological polar surface area (TPSA) is 38.0 Å². The summed E-state index contributed by atoms with van der Waals surface area (Å²) in [5, 5.41) is 0. The van der Waals surface area contributed by atoms with Crippen LogP contribution >= 0.6 is 0 Å². The van der Waals surface area contributed by atoms with Gasteiger partial charge in [0.25, 0.3) is 0 Å². The molecule has 0 heterocycles. The molecule has 2 nitrogen and oxygen atoms in total. The monoisotopic (exact) mass is 238 g/mol. The summed E-state index contributed by atoms with van der Waals surface area (Å²) in [4.78, 5) is 0. The summed E-state index contributed by atoms with van der Waals surface area (Å²) in [6.07, 6.45) is 2.57. The lowest BCUT2D eigenvalue weighted by atomic mass is 9.99. The van der Waals surface area contributed by atoms with Crippen molar-refractivity contribution >= 4 is 0 Å². The van der Waals surface area contributed by atoms with E-state index in [0.717, 1.165) is 5.92 Å². The highest BCUT2D eigenvalue weighted by atomic mass is 15.2. The molecule has 1 atom stereocenters. The third-order valence-corrected chi connectivity index (χ3v) is 3.65. The molecule has 0 bridgehead atoms. The quantitative estimate of drug-likeness (QED) is 0.633. The summed E-state index contributed by atoms with van der Waals surface area (Å²) >= 11 is 0. The van der Waals surface area contributed by atoms with Crippen molar-refractivity contribution < 1.29 is 0 Å². The molecule has 0 aliphatic heterocycles. The van der Waals surface area contributed by atoms with Gasteiger partial charge in [-0.25, -0.2) is 0 Å². The molecular weight excluding hydrogens is 220 g/mol. The molecule has 0 radical (unpaired) electrons. The molecule has 92 valence electrons. The fraction of sp³-hybridized carbons (Fsp3) is 0.250. The van der Waals surface area contributed by atoms with Gasteiger partial charge >= 0.3 is 0 Å². The zero-order valence-corrected chi connectivity index (χ0v) is 10.3. The Bertz CT molecular complexity index is 500. The molecule has 0 saturated heterocycles. The second kappa shape index (κ2) is 4.92. The normalized spacial score (nSPS) is 16.5. The molecule has 2 aromatic rings. The molecule has 1 aliphatic rings. The van der Waals surface area contributed by atoms with E-state index in [1.165, 1.54) is 29.5 Å². The predicted molar refractivity (Wildman–Crippen MR) is 74.7 cm³/mol. The fourth-order valence-corrected chi connectivity index (χ4v) is 2.45. The highest BCUT2D eigenvalue weighted by molar-refractivity contribution is 5.63. The maximum absolute atomic E-state index is 5.64. The van der Waals surface area contributed by atoms with E-state index in [9.17, 15) is 0 Å². The molecule has 2 aromatic carbocycles. The number of nitrogens with two attached hydrogens (primary N) is 1. The lowest BCUT2D eigenvalue weighted by molar-refractivity contribution is 0.497. The molecule has 2 heteroatoms. The summed E-state index contributed by atoms with van der Waals surface area (Å²) in [5.41, 5.74) is 6.74. The lowest BCUT2D eigenvalue weighted by Gasteiger charge is -2.15. The first-order valence-corrected chi connectivity index (χ1v) is 6.50. The van der Waals surface area contributed by atoms with Crippen molar-refractivity contribution in [2.45, 2.75) is 18.9 Å². The molecule has 18 heavy (non-hydrogen) atoms. The van der Waals surface area contributed by atoms with E-state index in [-0.39, 0.29) is 0 Å². The number of benzene rings is 2. The van der Waals surface area contributed by atoms with E-state index in [2.05, 4.69) is 54.0 Å². The van der Waals surface area contributed by atoms with Crippen molar-refractivity contribution in [3.63, 3.8) is 0 Å². The summed E-state index contributed by atoms with van der Waals surface area (Å²) in [5.74, 6) is 6.36. The molecule has 3 N–H and O–H groups in total. The maximum atomic E-state index is 5.64. The first-order chi connectivity index (χ1) is 8.88. The summed E-state index contributed by atoms with van der Waals surface area (Å²) < 4.78 is 0. The standard InChI is InChI=1S/C16H18N2/c17-18-16(15-10-11-15)14-8-6-13(7-9-14)12-4-2-1-3-5-12/h1-9,15-16,18H,10-11,17H2. The van der Waals surface area contributed by atoms with Gasteiger partial charge in [0.15, 0.2) is 0 Å². The van der Waals surface area contributed by atoms with Crippen LogP contribution in [-0.2, 0) is 0 Å². The Morgan fingerprint density at radius 3 is 2.06 bits per heavy atom. The molecule has 1 unspecified atom stereocenters. The minimum absolute atomic E-state index is 0.315. The van der Waals surface area contributed by atoms with Gasteiger partial charge in [0.1, 0.15) is 0 Å². The van der Waals surface area contributed by atoms with E-state index in [0.29, 0.717) is 6.04 Å². The van der Waals surface area contributed by atoms with Crippen LogP contribution < -0.4 is 11.3 Å². The molecule has 3 rings (SSSR count). The van der Waals surface area contributed by atoms with Crippen molar-refractivity contribution in [2.75, 3.05) is 0 Å². The Kier molecular flexibility index (Phi) is 3.13. The third-order valence-electron chi connectivity index (χ3n) is 3.65. The minimum Gasteiger partial charge on any atom is -0.271 e. The summed E-state index contributed by atoms with van der Waals surface area (Å²) in [7, 11) is 0. The molecule has 0 aromatic heterocycles. The number of rotatable bonds is 4. The molecule has 1 saturated carbocycles. The Hall–Kier alpha value is -1.64. The summed E-state index contributed by atoms with van der Waals surface area (Å²) in [6.45, 7) is 0. The predicted octanol–water partition coefficient (Wildman–Crippen LogP) is 3.27. The Balaban J connectivity index is 1.84. The van der Waals surface area contributed by atoms with E-state index in [1.807, 2.05) is 6.07 Å². The van der Waals surface area contributed by atoms with E-state index in [1.54, 1.807) is 0 Å². The Labute approximate surface area is 108 Å². The van der Waals surface area contributed by atoms with Gasteiger partial charge in [-0.3, -0.25) is 11.3 Å². The highest BCUT2D eigenvalue weighted by Crippen LogP contribution is 2.40. The van der Waals surface area contributed by atoms with Crippen LogP contribution in [0.25, 0.3) is 11.1 Å². The Morgan fingerprint density at radius 1 is 0.889 bits per heavy atom. The van der Waals surface area contributed by atoms with Crippen LogP contribution in [0.4, 0.5) is 0 Å². The van der Waals surface area contributed by atoms with Gasteiger partial charge in [0, 0.05) is 6.04 Å². The molecule has 1 aliphatic carbocycles. The number of hydrogen-bond acceptors (Lipinski definition) is 2. The zero-order valence-electron chi connectivity index (χ0n) is 10.3. The van der Waals surface area contributed by atoms with Gasteiger partial charge in [-0.05, 0) is 35.4 Å². The fourth-order valence-electron chi connectivity index (χ4n) is 2.45. The Morgan fingerprint density at radius 2 is 1.50 bits per heavy atom.